The zero-order valence-corrected chi connectivity index (χ0v) is 16.5. The number of amides is 1. The van der Waals surface area contributed by atoms with Crippen LogP contribution in [-0.2, 0) is 9.53 Å². The monoisotopic (exact) mass is 431 g/mol. The number of rotatable bonds is 5. The molecule has 2 fully saturated rings. The van der Waals surface area contributed by atoms with Gasteiger partial charge in [0, 0.05) is 29.6 Å². The third kappa shape index (κ3) is 3.25. The summed E-state index contributed by atoms with van der Waals surface area (Å²) in [5.41, 5.74) is 8.26. The van der Waals surface area contributed by atoms with Crippen molar-refractivity contribution in [1.29, 1.82) is 0 Å². The fourth-order valence-corrected chi connectivity index (χ4v) is 4.48. The van der Waals surface area contributed by atoms with E-state index in [-0.39, 0.29) is 35.7 Å². The first kappa shape index (κ1) is 18.4. The van der Waals surface area contributed by atoms with Crippen LogP contribution in [0.15, 0.2) is 53.0 Å². The SMILES string of the molecule is COCCN1C(=O)C2NNC(c3ccccc3O)C2C1c1ccc(Br)cc1. The van der Waals surface area contributed by atoms with Crippen LogP contribution in [0.25, 0.3) is 0 Å². The van der Waals surface area contributed by atoms with Crippen molar-refractivity contribution in [1.82, 2.24) is 15.8 Å². The van der Waals surface area contributed by atoms with Crippen molar-refractivity contribution in [3.63, 3.8) is 0 Å². The predicted octanol–water partition coefficient (Wildman–Crippen LogP) is 2.52. The lowest BCUT2D eigenvalue weighted by Crippen LogP contribution is -2.42. The van der Waals surface area contributed by atoms with Gasteiger partial charge in [-0.2, -0.15) is 0 Å². The van der Waals surface area contributed by atoms with Crippen LogP contribution in [0.5, 0.6) is 5.75 Å². The molecule has 0 aliphatic carbocycles. The van der Waals surface area contributed by atoms with Crippen molar-refractivity contribution in [3.05, 3.63) is 64.1 Å². The van der Waals surface area contributed by atoms with Gasteiger partial charge in [-0.1, -0.05) is 46.3 Å². The van der Waals surface area contributed by atoms with Gasteiger partial charge >= 0.3 is 0 Å². The maximum absolute atomic E-state index is 13.1. The molecule has 2 aromatic rings. The fourth-order valence-electron chi connectivity index (χ4n) is 4.22. The highest BCUT2D eigenvalue weighted by Gasteiger charge is 2.55. The predicted molar refractivity (Wildman–Crippen MR) is 105 cm³/mol. The standard InChI is InChI=1S/C20H22BrN3O3/c1-27-11-10-24-19(12-6-8-13(21)9-7-12)16-17(22-23-18(16)20(24)26)14-4-2-3-5-15(14)25/h2-9,16-19,22-23,25H,10-11H2,1H3. The maximum Gasteiger partial charge on any atom is 0.242 e. The molecule has 0 saturated carbocycles. The summed E-state index contributed by atoms with van der Waals surface area (Å²) in [4.78, 5) is 15.0. The van der Waals surface area contributed by atoms with Crippen molar-refractivity contribution in [2.75, 3.05) is 20.3 Å². The zero-order valence-electron chi connectivity index (χ0n) is 14.9. The molecule has 3 N–H and O–H groups in total. The van der Waals surface area contributed by atoms with Gasteiger partial charge in [0.2, 0.25) is 5.91 Å². The van der Waals surface area contributed by atoms with Gasteiger partial charge in [0.1, 0.15) is 11.8 Å². The molecule has 4 atom stereocenters. The lowest BCUT2D eigenvalue weighted by molar-refractivity contribution is -0.131. The number of aromatic hydroxyl groups is 1. The average Bonchev–Trinajstić information content (AvgIpc) is 3.21. The minimum Gasteiger partial charge on any atom is -0.508 e. The number of hydrogen-bond donors (Lipinski definition) is 3. The van der Waals surface area contributed by atoms with Crippen LogP contribution in [-0.4, -0.2) is 42.2 Å². The topological polar surface area (TPSA) is 73.8 Å². The quantitative estimate of drug-likeness (QED) is 0.678. The number of carbonyl (C=O) groups is 1. The highest BCUT2D eigenvalue weighted by atomic mass is 79.9. The summed E-state index contributed by atoms with van der Waals surface area (Å²) >= 11 is 3.48. The Morgan fingerprint density at radius 3 is 2.52 bits per heavy atom. The van der Waals surface area contributed by atoms with E-state index in [1.165, 1.54) is 0 Å². The van der Waals surface area contributed by atoms with Crippen LogP contribution >= 0.6 is 15.9 Å². The molecular weight excluding hydrogens is 410 g/mol. The Kier molecular flexibility index (Phi) is 5.19. The number of para-hydroxylation sites is 1. The molecule has 2 aliphatic heterocycles. The molecule has 6 nitrogen and oxygen atoms in total. The Labute approximate surface area is 166 Å². The molecule has 2 heterocycles. The van der Waals surface area contributed by atoms with Crippen LogP contribution < -0.4 is 10.9 Å². The largest absolute Gasteiger partial charge is 0.508 e. The van der Waals surface area contributed by atoms with Crippen molar-refractivity contribution in [2.24, 2.45) is 5.92 Å². The summed E-state index contributed by atoms with van der Waals surface area (Å²) in [6, 6.07) is 14.7. The number of methoxy groups -OCH3 is 1. The van der Waals surface area contributed by atoms with Crippen LogP contribution in [0.4, 0.5) is 0 Å². The third-order valence-electron chi connectivity index (χ3n) is 5.43. The second-order valence-electron chi connectivity index (χ2n) is 6.90. The number of nitrogens with one attached hydrogen (secondary N) is 2. The van der Waals surface area contributed by atoms with E-state index in [1.54, 1.807) is 19.2 Å². The summed E-state index contributed by atoms with van der Waals surface area (Å²) in [6.45, 7) is 1.01. The second kappa shape index (κ2) is 7.59. The number of phenols is 1. The van der Waals surface area contributed by atoms with E-state index in [1.807, 2.05) is 41.3 Å². The summed E-state index contributed by atoms with van der Waals surface area (Å²) < 4.78 is 6.23. The van der Waals surface area contributed by atoms with Gasteiger partial charge in [-0.05, 0) is 23.8 Å². The second-order valence-corrected chi connectivity index (χ2v) is 7.82. The minimum atomic E-state index is -0.347. The lowest BCUT2D eigenvalue weighted by atomic mass is 9.83. The molecule has 142 valence electrons. The lowest BCUT2D eigenvalue weighted by Gasteiger charge is -2.31. The first-order valence-corrected chi connectivity index (χ1v) is 9.75. The van der Waals surface area contributed by atoms with Gasteiger partial charge in [0.15, 0.2) is 0 Å². The third-order valence-corrected chi connectivity index (χ3v) is 5.96. The van der Waals surface area contributed by atoms with Crippen molar-refractivity contribution in [3.8, 4) is 5.75 Å². The fraction of sp³-hybridized carbons (Fsp3) is 0.350. The molecular formula is C20H22BrN3O3. The number of likely N-dealkylation sites (tertiary alicyclic amines) is 1. The molecule has 4 rings (SSSR count). The minimum absolute atomic E-state index is 0.0513. The summed E-state index contributed by atoms with van der Waals surface area (Å²) in [7, 11) is 1.64. The Morgan fingerprint density at radius 2 is 1.81 bits per heavy atom. The molecule has 2 aromatic carbocycles. The van der Waals surface area contributed by atoms with Gasteiger partial charge in [0.05, 0.1) is 18.7 Å². The number of phenolic OH excluding ortho intramolecular Hbond substituents is 1. The molecule has 1 amide bonds. The summed E-state index contributed by atoms with van der Waals surface area (Å²) in [6.07, 6.45) is 0. The zero-order chi connectivity index (χ0) is 19.0. The number of nitrogens with zero attached hydrogens (tertiary/aromatic N) is 1. The summed E-state index contributed by atoms with van der Waals surface area (Å²) in [5, 5.41) is 10.4. The van der Waals surface area contributed by atoms with Crippen molar-refractivity contribution in [2.45, 2.75) is 18.1 Å². The van der Waals surface area contributed by atoms with E-state index in [9.17, 15) is 9.90 Å². The Balaban J connectivity index is 1.76. The maximum atomic E-state index is 13.1. The van der Waals surface area contributed by atoms with Gasteiger partial charge in [-0.3, -0.25) is 4.79 Å². The first-order valence-electron chi connectivity index (χ1n) is 8.95. The van der Waals surface area contributed by atoms with Gasteiger partial charge in [-0.25, -0.2) is 10.9 Å². The number of halogens is 1. The van der Waals surface area contributed by atoms with E-state index in [0.717, 1.165) is 15.6 Å². The normalized spacial score (nSPS) is 27.2. The van der Waals surface area contributed by atoms with Crippen LogP contribution in [0.1, 0.15) is 23.2 Å². The Bertz CT molecular complexity index is 829. The molecule has 4 unspecified atom stereocenters. The number of hydrazine groups is 1. The van der Waals surface area contributed by atoms with Gasteiger partial charge < -0.3 is 14.7 Å². The molecule has 2 saturated heterocycles. The van der Waals surface area contributed by atoms with E-state index in [0.29, 0.717) is 13.2 Å². The van der Waals surface area contributed by atoms with Gasteiger partial charge in [0.25, 0.3) is 0 Å². The van der Waals surface area contributed by atoms with Crippen molar-refractivity contribution < 1.29 is 14.6 Å². The van der Waals surface area contributed by atoms with Crippen LogP contribution in [0, 0.1) is 5.92 Å². The number of ether oxygens (including phenoxy) is 1. The van der Waals surface area contributed by atoms with E-state index in [2.05, 4.69) is 26.8 Å². The molecule has 0 bridgehead atoms. The smallest absolute Gasteiger partial charge is 0.242 e. The number of carbonyl (C=O) groups excluding carboxylic acids is 1. The molecule has 0 radical (unpaired) electrons. The van der Waals surface area contributed by atoms with Crippen molar-refractivity contribution >= 4 is 21.8 Å². The average molecular weight is 432 g/mol. The molecule has 7 heteroatoms. The first-order chi connectivity index (χ1) is 13.1. The number of hydrogen-bond acceptors (Lipinski definition) is 5. The van der Waals surface area contributed by atoms with E-state index >= 15 is 0 Å². The highest BCUT2D eigenvalue weighted by Crippen LogP contribution is 2.48. The molecule has 2 aliphatic rings. The van der Waals surface area contributed by atoms with E-state index < -0.39 is 0 Å². The molecule has 0 spiro atoms. The summed E-state index contributed by atoms with van der Waals surface area (Å²) in [5.74, 6) is 0.231. The number of fused-ring (bicyclic) bond motifs is 1. The molecule has 0 aromatic heterocycles. The van der Waals surface area contributed by atoms with Crippen LogP contribution in [0.2, 0.25) is 0 Å². The molecule has 27 heavy (non-hydrogen) atoms. The van der Waals surface area contributed by atoms with E-state index in [4.69, 9.17) is 4.74 Å². The Hall–Kier alpha value is -1.93. The highest BCUT2D eigenvalue weighted by molar-refractivity contribution is 9.10. The number of benzene rings is 2. The Morgan fingerprint density at radius 1 is 1.11 bits per heavy atom. The van der Waals surface area contributed by atoms with Gasteiger partial charge in [-0.15, -0.1) is 0 Å². The van der Waals surface area contributed by atoms with Crippen LogP contribution in [0.3, 0.4) is 0 Å².